The molecule has 1 atom stereocenters. The lowest BCUT2D eigenvalue weighted by Crippen LogP contribution is -2.29. The fraction of sp³-hybridized carbons (Fsp3) is 0.200. The molecular formula is C25H19NO7. The summed E-state index contributed by atoms with van der Waals surface area (Å²) in [5.74, 6) is 0.658. The van der Waals surface area contributed by atoms with Gasteiger partial charge in [0.15, 0.2) is 11.5 Å². The number of nitrogens with zero attached hydrogens (tertiary/aromatic N) is 1. The average molecular weight is 445 g/mol. The van der Waals surface area contributed by atoms with E-state index in [0.29, 0.717) is 29.4 Å². The molecule has 1 saturated heterocycles. The highest BCUT2D eigenvalue weighted by molar-refractivity contribution is 6.46. The molecule has 0 aliphatic carbocycles. The zero-order chi connectivity index (χ0) is 22.5. The molecule has 6 rings (SSSR count). The number of amides is 1. The fourth-order valence-corrected chi connectivity index (χ4v) is 4.51. The van der Waals surface area contributed by atoms with Crippen LogP contribution in [0.25, 0.3) is 5.76 Å². The summed E-state index contributed by atoms with van der Waals surface area (Å²) in [6.45, 7) is 0.842. The van der Waals surface area contributed by atoms with Crippen LogP contribution in [0.15, 0.2) is 64.8 Å². The Morgan fingerprint density at radius 3 is 2.70 bits per heavy atom. The van der Waals surface area contributed by atoms with Crippen LogP contribution in [0, 0.1) is 0 Å². The Morgan fingerprint density at radius 1 is 1.00 bits per heavy atom. The van der Waals surface area contributed by atoms with Crippen molar-refractivity contribution < 1.29 is 33.3 Å². The van der Waals surface area contributed by atoms with Crippen LogP contribution in [0.3, 0.4) is 0 Å². The third-order valence-electron chi connectivity index (χ3n) is 6.11. The SMILES string of the molecule is O=C1C(=O)N(Cc2ccc3c(c2)OCO3)C(c2ccco2)/C1=C(/O)c1ccc2c(c1)CCO2. The molecule has 3 aliphatic heterocycles. The van der Waals surface area contributed by atoms with Gasteiger partial charge in [0.1, 0.15) is 23.3 Å². The number of Topliss-reactive ketones (excluding diaryl/α,β-unsaturated/α-hetero) is 1. The third kappa shape index (κ3) is 3.14. The highest BCUT2D eigenvalue weighted by Crippen LogP contribution is 2.42. The summed E-state index contributed by atoms with van der Waals surface area (Å²) in [6.07, 6.45) is 2.19. The van der Waals surface area contributed by atoms with Gasteiger partial charge in [0.05, 0.1) is 18.4 Å². The number of aliphatic hydroxyl groups excluding tert-OH is 1. The molecule has 1 N–H and O–H groups in total. The number of likely N-dealkylation sites (tertiary alicyclic amines) is 1. The molecule has 4 heterocycles. The number of hydrogen-bond acceptors (Lipinski definition) is 7. The van der Waals surface area contributed by atoms with Crippen molar-refractivity contribution in [1.82, 2.24) is 4.90 Å². The van der Waals surface area contributed by atoms with Crippen LogP contribution in [0.5, 0.6) is 17.2 Å². The molecule has 0 radical (unpaired) electrons. The van der Waals surface area contributed by atoms with E-state index in [-0.39, 0.29) is 24.7 Å². The minimum absolute atomic E-state index is 0.00504. The number of carbonyl (C=O) groups is 2. The molecule has 0 saturated carbocycles. The number of ether oxygens (including phenoxy) is 3. The summed E-state index contributed by atoms with van der Waals surface area (Å²) in [7, 11) is 0. The van der Waals surface area contributed by atoms with E-state index in [4.69, 9.17) is 18.6 Å². The first-order chi connectivity index (χ1) is 16.1. The van der Waals surface area contributed by atoms with Gasteiger partial charge < -0.3 is 28.6 Å². The zero-order valence-electron chi connectivity index (χ0n) is 17.4. The molecule has 3 aliphatic rings. The lowest BCUT2D eigenvalue weighted by molar-refractivity contribution is -0.140. The molecule has 2 aromatic carbocycles. The molecule has 33 heavy (non-hydrogen) atoms. The Balaban J connectivity index is 1.43. The van der Waals surface area contributed by atoms with Gasteiger partial charge in [-0.05, 0) is 53.6 Å². The number of ketones is 1. The van der Waals surface area contributed by atoms with Crippen LogP contribution in [0.4, 0.5) is 0 Å². The summed E-state index contributed by atoms with van der Waals surface area (Å²) in [4.78, 5) is 27.6. The van der Waals surface area contributed by atoms with Gasteiger partial charge in [-0.15, -0.1) is 0 Å². The molecule has 1 aromatic heterocycles. The van der Waals surface area contributed by atoms with Crippen molar-refractivity contribution in [2.45, 2.75) is 19.0 Å². The first-order valence-corrected chi connectivity index (χ1v) is 10.6. The van der Waals surface area contributed by atoms with Crippen molar-refractivity contribution in [3.63, 3.8) is 0 Å². The van der Waals surface area contributed by atoms with E-state index in [9.17, 15) is 14.7 Å². The van der Waals surface area contributed by atoms with Gasteiger partial charge in [-0.2, -0.15) is 0 Å². The minimum Gasteiger partial charge on any atom is -0.507 e. The van der Waals surface area contributed by atoms with Gasteiger partial charge >= 0.3 is 0 Å². The Morgan fingerprint density at radius 2 is 1.85 bits per heavy atom. The first-order valence-electron chi connectivity index (χ1n) is 10.6. The van der Waals surface area contributed by atoms with Gasteiger partial charge in [-0.25, -0.2) is 0 Å². The van der Waals surface area contributed by atoms with Crippen LogP contribution in [0.1, 0.15) is 28.5 Å². The predicted octanol–water partition coefficient (Wildman–Crippen LogP) is 3.57. The molecular weight excluding hydrogens is 426 g/mol. The number of furan rings is 1. The van der Waals surface area contributed by atoms with Gasteiger partial charge in [0, 0.05) is 18.5 Å². The molecule has 166 valence electrons. The van der Waals surface area contributed by atoms with Gasteiger partial charge in [-0.1, -0.05) is 6.07 Å². The second-order valence-electron chi connectivity index (χ2n) is 8.05. The van der Waals surface area contributed by atoms with Crippen LogP contribution >= 0.6 is 0 Å². The van der Waals surface area contributed by atoms with Gasteiger partial charge in [0.25, 0.3) is 11.7 Å². The van der Waals surface area contributed by atoms with E-state index in [0.717, 1.165) is 23.3 Å². The molecule has 1 unspecified atom stereocenters. The number of hydrogen-bond donors (Lipinski definition) is 1. The number of aliphatic hydroxyl groups is 1. The average Bonchev–Trinajstić information content (AvgIpc) is 3.62. The van der Waals surface area contributed by atoms with Crippen molar-refractivity contribution in [3.8, 4) is 17.2 Å². The van der Waals surface area contributed by atoms with Crippen molar-refractivity contribution >= 4 is 17.4 Å². The highest BCUT2D eigenvalue weighted by atomic mass is 16.7. The fourth-order valence-electron chi connectivity index (χ4n) is 4.51. The Bertz CT molecular complexity index is 1310. The number of rotatable bonds is 4. The molecule has 1 amide bonds. The maximum atomic E-state index is 13.1. The quantitative estimate of drug-likeness (QED) is 0.372. The van der Waals surface area contributed by atoms with E-state index >= 15 is 0 Å². The second-order valence-corrected chi connectivity index (χ2v) is 8.05. The summed E-state index contributed by atoms with van der Waals surface area (Å²) in [5, 5.41) is 11.2. The molecule has 8 heteroatoms. The van der Waals surface area contributed by atoms with E-state index in [2.05, 4.69) is 0 Å². The monoisotopic (exact) mass is 445 g/mol. The molecule has 0 spiro atoms. The van der Waals surface area contributed by atoms with Gasteiger partial charge in [0.2, 0.25) is 6.79 Å². The van der Waals surface area contributed by atoms with E-state index < -0.39 is 17.7 Å². The summed E-state index contributed by atoms with van der Waals surface area (Å²) < 4.78 is 21.9. The maximum absolute atomic E-state index is 13.1. The van der Waals surface area contributed by atoms with E-state index in [1.165, 1.54) is 11.2 Å². The molecule has 3 aromatic rings. The predicted molar refractivity (Wildman–Crippen MR) is 115 cm³/mol. The maximum Gasteiger partial charge on any atom is 0.296 e. The zero-order valence-corrected chi connectivity index (χ0v) is 17.4. The van der Waals surface area contributed by atoms with Crippen molar-refractivity contribution in [2.24, 2.45) is 0 Å². The van der Waals surface area contributed by atoms with E-state index in [1.54, 1.807) is 42.5 Å². The van der Waals surface area contributed by atoms with Crippen molar-refractivity contribution in [2.75, 3.05) is 13.4 Å². The van der Waals surface area contributed by atoms with Crippen molar-refractivity contribution in [3.05, 3.63) is 82.8 Å². The van der Waals surface area contributed by atoms with Crippen molar-refractivity contribution in [1.29, 1.82) is 0 Å². The molecule has 0 bridgehead atoms. The smallest absolute Gasteiger partial charge is 0.296 e. The highest BCUT2D eigenvalue weighted by Gasteiger charge is 2.47. The standard InChI is InChI=1S/C25H19NO7/c27-23(16-4-6-17-15(11-16)7-9-31-17)21-22(19-2-1-8-30-19)26(25(29)24(21)28)12-14-3-5-18-20(10-14)33-13-32-18/h1-6,8,10-11,22,27H,7,9,12-13H2/b23-21-. The lowest BCUT2D eigenvalue weighted by Gasteiger charge is -2.23. The normalized spacial score (nSPS) is 20.2. The Labute approximate surface area is 188 Å². The van der Waals surface area contributed by atoms with Crippen LogP contribution in [0.2, 0.25) is 0 Å². The molecule has 1 fully saturated rings. The summed E-state index contributed by atoms with van der Waals surface area (Å²) in [5.41, 5.74) is 2.15. The number of carbonyl (C=O) groups excluding carboxylic acids is 2. The third-order valence-corrected chi connectivity index (χ3v) is 6.11. The Kier molecular flexibility index (Phi) is 4.39. The summed E-state index contributed by atoms with van der Waals surface area (Å²) >= 11 is 0. The van der Waals surface area contributed by atoms with Crippen LogP contribution in [-0.4, -0.2) is 35.1 Å². The van der Waals surface area contributed by atoms with Crippen LogP contribution in [-0.2, 0) is 22.6 Å². The van der Waals surface area contributed by atoms with Crippen LogP contribution < -0.4 is 14.2 Å². The summed E-state index contributed by atoms with van der Waals surface area (Å²) in [6, 6.07) is 13.1. The first kappa shape index (κ1) is 19.5. The lowest BCUT2D eigenvalue weighted by atomic mass is 9.98. The largest absolute Gasteiger partial charge is 0.507 e. The van der Waals surface area contributed by atoms with E-state index in [1.807, 2.05) is 6.07 Å². The Hall–Kier alpha value is -4.20. The van der Waals surface area contributed by atoms with Gasteiger partial charge in [-0.3, -0.25) is 9.59 Å². The minimum atomic E-state index is -0.866. The topological polar surface area (TPSA) is 98.4 Å². The second kappa shape index (κ2) is 7.44. The number of fused-ring (bicyclic) bond motifs is 2. The molecule has 8 nitrogen and oxygen atoms in total. The number of benzene rings is 2.